The predicted molar refractivity (Wildman–Crippen MR) is 126 cm³/mol. The summed E-state index contributed by atoms with van der Waals surface area (Å²) < 4.78 is 22.9. The molecule has 0 bridgehead atoms. The minimum atomic E-state index is -0.907. The molecule has 0 saturated heterocycles. The third-order valence-corrected chi connectivity index (χ3v) is 6.68. The van der Waals surface area contributed by atoms with Gasteiger partial charge in [0.05, 0.1) is 19.6 Å². The van der Waals surface area contributed by atoms with Gasteiger partial charge in [-0.15, -0.1) is 0 Å². The van der Waals surface area contributed by atoms with Gasteiger partial charge in [0.2, 0.25) is 0 Å². The Kier molecular flexibility index (Phi) is 5.74. The number of oxime groups is 1. The molecule has 0 aliphatic carbocycles. The number of rotatable bonds is 5. The monoisotopic (exact) mass is 451 g/mol. The summed E-state index contributed by atoms with van der Waals surface area (Å²) in [5.74, 6) is 2.30. The maximum Gasteiger partial charge on any atom is 0.164 e. The highest BCUT2D eigenvalue weighted by Crippen LogP contribution is 2.50. The third-order valence-electron chi connectivity index (χ3n) is 6.68. The van der Waals surface area contributed by atoms with Crippen LogP contribution in [0.1, 0.15) is 37.5 Å². The topological polar surface area (TPSA) is 89.7 Å². The lowest BCUT2D eigenvalue weighted by Gasteiger charge is -2.39. The molecule has 2 aliphatic rings. The van der Waals surface area contributed by atoms with E-state index in [-0.39, 0.29) is 11.9 Å². The number of methoxy groups -OCH3 is 2. The van der Waals surface area contributed by atoms with Gasteiger partial charge in [-0.3, -0.25) is 0 Å². The molecule has 4 rings (SSSR count). The Hall–Kier alpha value is -3.61. The largest absolute Gasteiger partial charge is 0.507 e. The molecule has 0 amide bonds. The molecule has 2 N–H and O–H groups in total. The molecular weight excluding hydrogens is 422 g/mol. The van der Waals surface area contributed by atoms with Crippen LogP contribution in [-0.2, 0) is 11.8 Å². The Labute approximate surface area is 193 Å². The maximum absolute atomic E-state index is 11.2. The van der Waals surface area contributed by atoms with Gasteiger partial charge < -0.3 is 29.3 Å². The van der Waals surface area contributed by atoms with Crippen molar-refractivity contribution >= 4 is 5.71 Å². The van der Waals surface area contributed by atoms with Crippen molar-refractivity contribution in [2.24, 2.45) is 5.16 Å². The second kappa shape index (κ2) is 8.39. The van der Waals surface area contributed by atoms with Crippen molar-refractivity contribution in [3.63, 3.8) is 0 Å². The van der Waals surface area contributed by atoms with E-state index in [1.165, 1.54) is 0 Å². The summed E-state index contributed by atoms with van der Waals surface area (Å²) in [7, 11) is 3.13. The van der Waals surface area contributed by atoms with Crippen LogP contribution in [0.3, 0.4) is 0 Å². The van der Waals surface area contributed by atoms with Crippen LogP contribution < -0.4 is 18.9 Å². The number of benzene rings is 2. The zero-order valence-electron chi connectivity index (χ0n) is 19.6. The Morgan fingerprint density at radius 3 is 2.52 bits per heavy atom. The predicted octanol–water partition coefficient (Wildman–Crippen LogP) is 4.76. The summed E-state index contributed by atoms with van der Waals surface area (Å²) in [4.78, 5) is 0. The number of phenolic OH excluding ortho intramolecular Hbond substituents is 1. The van der Waals surface area contributed by atoms with Crippen molar-refractivity contribution in [1.82, 2.24) is 0 Å². The van der Waals surface area contributed by atoms with Crippen LogP contribution in [0.5, 0.6) is 28.7 Å². The molecule has 2 aliphatic heterocycles. The molecule has 2 aromatic carbocycles. The highest BCUT2D eigenvalue weighted by Gasteiger charge is 2.45. The lowest BCUT2D eigenvalue weighted by Crippen LogP contribution is -2.41. The van der Waals surface area contributed by atoms with Crippen LogP contribution in [0.2, 0.25) is 0 Å². The Bertz CT molecular complexity index is 1180. The summed E-state index contributed by atoms with van der Waals surface area (Å²) in [6.45, 7) is 10.0. The molecule has 7 heteroatoms. The van der Waals surface area contributed by atoms with Gasteiger partial charge in [-0.05, 0) is 50.1 Å². The number of fused-ring (bicyclic) bond motifs is 2. The number of aromatic hydroxyl groups is 1. The van der Waals surface area contributed by atoms with E-state index in [9.17, 15) is 10.3 Å². The number of ether oxygens (including phenoxy) is 4. The van der Waals surface area contributed by atoms with Crippen molar-refractivity contribution in [3.8, 4) is 28.7 Å². The van der Waals surface area contributed by atoms with Crippen LogP contribution in [-0.4, -0.2) is 43.0 Å². The van der Waals surface area contributed by atoms with E-state index in [0.717, 1.165) is 16.7 Å². The molecule has 0 aromatic heterocycles. The van der Waals surface area contributed by atoms with Gasteiger partial charge in [0.1, 0.15) is 35.7 Å². The molecule has 2 heterocycles. The zero-order chi connectivity index (χ0) is 23.9. The van der Waals surface area contributed by atoms with E-state index < -0.39 is 5.41 Å². The summed E-state index contributed by atoms with van der Waals surface area (Å²) in [5, 5.41) is 25.3. The fraction of sp³-hybridized carbons (Fsp3) is 0.346. The van der Waals surface area contributed by atoms with Crippen LogP contribution in [0, 0.1) is 0 Å². The van der Waals surface area contributed by atoms with E-state index in [4.69, 9.17) is 18.9 Å². The quantitative estimate of drug-likeness (QED) is 0.295. The van der Waals surface area contributed by atoms with E-state index in [2.05, 4.69) is 11.7 Å². The smallest absolute Gasteiger partial charge is 0.164 e. The number of allylic oxidation sites excluding steroid dienone is 1. The normalized spacial score (nSPS) is 22.8. The molecular formula is C26H29NO6. The van der Waals surface area contributed by atoms with Crippen LogP contribution in [0.15, 0.2) is 53.2 Å². The number of nitrogens with zero attached hydrogens (tertiary/aromatic N) is 1. The first kappa shape index (κ1) is 22.6. The fourth-order valence-electron chi connectivity index (χ4n) is 4.69. The molecule has 33 heavy (non-hydrogen) atoms. The standard InChI is InChI=1S/C26H29NO6/c1-7-15-13-32-21-12-23(31-6)22(30-5)11-18(21)26(15,4)25(27-29)16-8-9-19-17(24(16)28)10-20(33-19)14(2)3/h7-9,11-12,20,28-29H,2,10,13H2,1,3-6H3/b15-7+,27-25-/t20-,26?/m1/s1. The molecule has 0 radical (unpaired) electrons. The minimum absolute atomic E-state index is 0.0363. The van der Waals surface area contributed by atoms with E-state index in [1.54, 1.807) is 32.4 Å². The lowest BCUT2D eigenvalue weighted by atomic mass is 9.68. The van der Waals surface area contributed by atoms with Gasteiger partial charge in [0, 0.05) is 29.2 Å². The van der Waals surface area contributed by atoms with Gasteiger partial charge in [0.15, 0.2) is 11.5 Å². The first-order valence-corrected chi connectivity index (χ1v) is 10.7. The van der Waals surface area contributed by atoms with Gasteiger partial charge in [-0.2, -0.15) is 0 Å². The van der Waals surface area contributed by atoms with Gasteiger partial charge in [0.25, 0.3) is 0 Å². The van der Waals surface area contributed by atoms with Gasteiger partial charge in [-0.1, -0.05) is 17.8 Å². The Morgan fingerprint density at radius 2 is 1.91 bits per heavy atom. The Morgan fingerprint density at radius 1 is 1.21 bits per heavy atom. The van der Waals surface area contributed by atoms with Crippen LogP contribution in [0.4, 0.5) is 0 Å². The van der Waals surface area contributed by atoms with Crippen LogP contribution in [0.25, 0.3) is 0 Å². The van der Waals surface area contributed by atoms with E-state index in [0.29, 0.717) is 52.9 Å². The number of hydrogen-bond donors (Lipinski definition) is 2. The third kappa shape index (κ3) is 3.39. The van der Waals surface area contributed by atoms with Crippen molar-refractivity contribution in [3.05, 3.63) is 64.8 Å². The highest BCUT2D eigenvalue weighted by atomic mass is 16.5. The molecule has 2 aromatic rings. The average Bonchev–Trinajstić information content (AvgIpc) is 3.26. The Balaban J connectivity index is 1.91. The molecule has 7 nitrogen and oxygen atoms in total. The minimum Gasteiger partial charge on any atom is -0.507 e. The maximum atomic E-state index is 11.2. The van der Waals surface area contributed by atoms with Gasteiger partial charge >= 0.3 is 0 Å². The average molecular weight is 452 g/mol. The van der Waals surface area contributed by atoms with Crippen molar-refractivity contribution in [2.45, 2.75) is 38.7 Å². The molecule has 174 valence electrons. The summed E-state index contributed by atoms with van der Waals surface area (Å²) in [6.07, 6.45) is 2.24. The molecule has 1 unspecified atom stereocenters. The first-order valence-electron chi connectivity index (χ1n) is 10.7. The molecule has 0 saturated carbocycles. The first-order chi connectivity index (χ1) is 15.8. The van der Waals surface area contributed by atoms with E-state index in [1.807, 2.05) is 32.9 Å². The second-order valence-electron chi connectivity index (χ2n) is 8.47. The summed E-state index contributed by atoms with van der Waals surface area (Å²) >= 11 is 0. The lowest BCUT2D eigenvalue weighted by molar-refractivity contribution is 0.271. The SMILES string of the molecule is C=C(C)[C@H]1Cc2c(ccc(/C(=N/O)C3(C)/C(=C/C)COc4cc(OC)c(OC)cc43)c2O)O1. The fourth-order valence-corrected chi connectivity index (χ4v) is 4.69. The molecule has 0 spiro atoms. The highest BCUT2D eigenvalue weighted by molar-refractivity contribution is 6.12. The molecule has 2 atom stereocenters. The second-order valence-corrected chi connectivity index (χ2v) is 8.47. The van der Waals surface area contributed by atoms with Gasteiger partial charge in [-0.25, -0.2) is 0 Å². The summed E-state index contributed by atoms with van der Waals surface area (Å²) in [5.41, 5.74) is 2.99. The zero-order valence-corrected chi connectivity index (χ0v) is 19.6. The van der Waals surface area contributed by atoms with Crippen molar-refractivity contribution < 1.29 is 29.3 Å². The van der Waals surface area contributed by atoms with Crippen molar-refractivity contribution in [1.29, 1.82) is 0 Å². The number of phenols is 1. The summed E-state index contributed by atoms with van der Waals surface area (Å²) in [6, 6.07) is 7.11. The number of hydrogen-bond acceptors (Lipinski definition) is 7. The molecule has 0 fully saturated rings. The van der Waals surface area contributed by atoms with Crippen LogP contribution >= 0.6 is 0 Å². The van der Waals surface area contributed by atoms with Crippen molar-refractivity contribution in [2.75, 3.05) is 20.8 Å². The van der Waals surface area contributed by atoms with E-state index >= 15 is 0 Å².